The van der Waals surface area contributed by atoms with E-state index in [1.54, 1.807) is 0 Å². The largest absolute Gasteiger partial charge is 0.544 e. The van der Waals surface area contributed by atoms with Crippen molar-refractivity contribution in [3.63, 3.8) is 0 Å². The van der Waals surface area contributed by atoms with Gasteiger partial charge in [0.1, 0.15) is 24.9 Å². The van der Waals surface area contributed by atoms with Gasteiger partial charge in [-0.25, -0.2) is 0 Å². The first-order valence-corrected chi connectivity index (χ1v) is 7.70. The summed E-state index contributed by atoms with van der Waals surface area (Å²) in [6.07, 6.45) is -0.322. The van der Waals surface area contributed by atoms with Crippen molar-refractivity contribution in [2.24, 2.45) is 0 Å². The second-order valence-electron chi connectivity index (χ2n) is 5.80. The van der Waals surface area contributed by atoms with E-state index in [0.29, 0.717) is 6.54 Å². The number of benzene rings is 1. The van der Waals surface area contributed by atoms with E-state index in [1.165, 1.54) is 24.6 Å². The Kier molecular flexibility index (Phi) is 7.76. The predicted molar refractivity (Wildman–Crippen MR) is 86.2 cm³/mol. The molecule has 10 heteroatoms. The van der Waals surface area contributed by atoms with E-state index in [9.17, 15) is 24.8 Å². The molecule has 4 N–H and O–H groups in total. The highest BCUT2D eigenvalue weighted by Crippen LogP contribution is 2.28. The predicted octanol–water partition coefficient (Wildman–Crippen LogP) is -3.24. The van der Waals surface area contributed by atoms with Crippen molar-refractivity contribution in [1.82, 2.24) is 0 Å². The van der Waals surface area contributed by atoms with Crippen molar-refractivity contribution in [2.75, 3.05) is 39.6 Å². The van der Waals surface area contributed by atoms with Crippen LogP contribution in [0.2, 0.25) is 0 Å². The molecule has 1 rings (SSSR count). The summed E-state index contributed by atoms with van der Waals surface area (Å²) in [5, 5.41) is 26.0. The molecule has 0 unspecified atom stereocenters. The van der Waals surface area contributed by atoms with Crippen LogP contribution in [0.15, 0.2) is 18.2 Å². The first-order chi connectivity index (χ1) is 11.7. The average Bonchev–Trinajstić information content (AvgIpc) is 2.53. The Hall–Kier alpha value is -2.72. The zero-order valence-electron chi connectivity index (χ0n) is 14.4. The molecule has 1 amide bonds. The Labute approximate surface area is 144 Å². The van der Waals surface area contributed by atoms with Crippen molar-refractivity contribution in [2.45, 2.75) is 12.5 Å². The maximum atomic E-state index is 12.1. The van der Waals surface area contributed by atoms with E-state index in [4.69, 9.17) is 4.74 Å². The van der Waals surface area contributed by atoms with Crippen molar-refractivity contribution in [1.29, 1.82) is 0 Å². The summed E-state index contributed by atoms with van der Waals surface area (Å²) in [5.74, 6) is -1.69. The van der Waals surface area contributed by atoms with Gasteiger partial charge in [0.05, 0.1) is 44.2 Å². The van der Waals surface area contributed by atoms with Gasteiger partial charge in [0, 0.05) is 12.1 Å². The molecule has 0 aliphatic heterocycles. The van der Waals surface area contributed by atoms with Gasteiger partial charge < -0.3 is 30.2 Å². The van der Waals surface area contributed by atoms with Gasteiger partial charge in [0.25, 0.3) is 5.69 Å². The fraction of sp³-hybridized carbons (Fsp3) is 0.467. The maximum Gasteiger partial charge on any atom is 0.271 e. The van der Waals surface area contributed by atoms with Crippen molar-refractivity contribution >= 4 is 23.3 Å². The lowest BCUT2D eigenvalue weighted by Crippen LogP contribution is -3.10. The molecule has 25 heavy (non-hydrogen) atoms. The number of carboxylic acid groups (broad SMARTS) is 1. The molecular formula is C15H23N4O6+. The van der Waals surface area contributed by atoms with Gasteiger partial charge in [-0.15, -0.1) is 0 Å². The highest BCUT2D eigenvalue weighted by atomic mass is 16.6. The number of non-ortho nitro benzene ring substituents is 1. The number of rotatable bonds is 10. The number of methoxy groups -OCH3 is 1. The number of nitro benzene ring substituents is 1. The van der Waals surface area contributed by atoms with E-state index in [2.05, 4.69) is 5.32 Å². The number of nitrogens with two attached hydrogens (primary N) is 1. The molecule has 0 saturated heterocycles. The highest BCUT2D eigenvalue weighted by Gasteiger charge is 2.20. The van der Waals surface area contributed by atoms with Gasteiger partial charge in [-0.3, -0.25) is 14.9 Å². The van der Waals surface area contributed by atoms with Crippen LogP contribution in [0.1, 0.15) is 6.42 Å². The molecule has 0 aromatic heterocycles. The average molecular weight is 355 g/mol. The second-order valence-corrected chi connectivity index (χ2v) is 5.80. The molecule has 0 aliphatic carbocycles. The Morgan fingerprint density at radius 3 is 2.60 bits per heavy atom. The molecule has 138 valence electrons. The minimum Gasteiger partial charge on any atom is -0.544 e. The van der Waals surface area contributed by atoms with E-state index in [0.717, 1.165) is 17.5 Å². The number of hydrogen-bond donors (Lipinski definition) is 3. The minimum absolute atomic E-state index is 0.108. The lowest BCUT2D eigenvalue weighted by molar-refractivity contribution is -0.876. The number of likely N-dealkylation sites (N-methyl/N-ethyl adjacent to an activating group) is 1. The number of carboxylic acids is 1. The number of nitrogens with one attached hydrogen (secondary N) is 2. The summed E-state index contributed by atoms with van der Waals surface area (Å²) in [6, 6.07) is 2.72. The Balaban J connectivity index is 2.77. The summed E-state index contributed by atoms with van der Waals surface area (Å²) in [7, 11) is 5.23. The van der Waals surface area contributed by atoms with Crippen LogP contribution in [-0.2, 0) is 9.59 Å². The monoisotopic (exact) mass is 355 g/mol. The number of carbonyl (C=O) groups is 2. The van der Waals surface area contributed by atoms with Gasteiger partial charge in [-0.1, -0.05) is 0 Å². The lowest BCUT2D eigenvalue weighted by atomic mass is 10.2. The Morgan fingerprint density at radius 1 is 1.40 bits per heavy atom. The smallest absolute Gasteiger partial charge is 0.271 e. The third kappa shape index (κ3) is 6.73. The van der Waals surface area contributed by atoms with Gasteiger partial charge >= 0.3 is 0 Å². The maximum absolute atomic E-state index is 12.1. The molecule has 0 bridgehead atoms. The van der Waals surface area contributed by atoms with Crippen LogP contribution in [0.4, 0.5) is 11.4 Å². The van der Waals surface area contributed by atoms with Crippen LogP contribution in [-0.4, -0.2) is 57.1 Å². The highest BCUT2D eigenvalue weighted by molar-refractivity contribution is 5.95. The zero-order chi connectivity index (χ0) is 19.0. The first kappa shape index (κ1) is 20.3. The van der Waals surface area contributed by atoms with Gasteiger partial charge in [-0.2, -0.15) is 0 Å². The van der Waals surface area contributed by atoms with Crippen LogP contribution in [0.5, 0.6) is 5.75 Å². The van der Waals surface area contributed by atoms with Crippen LogP contribution in [0.25, 0.3) is 0 Å². The summed E-state index contributed by atoms with van der Waals surface area (Å²) < 4.78 is 5.05. The quantitative estimate of drug-likeness (QED) is 0.297. The molecule has 0 spiro atoms. The van der Waals surface area contributed by atoms with E-state index >= 15 is 0 Å². The van der Waals surface area contributed by atoms with Crippen LogP contribution < -0.4 is 25.4 Å². The van der Waals surface area contributed by atoms with Crippen LogP contribution in [0, 0.1) is 10.1 Å². The summed E-state index contributed by atoms with van der Waals surface area (Å²) >= 11 is 0. The minimum atomic E-state index is -1.34. The lowest BCUT2D eigenvalue weighted by Gasteiger charge is -2.17. The van der Waals surface area contributed by atoms with Gasteiger partial charge in [-0.05, 0) is 6.07 Å². The SMILES string of the molecule is COc1ccc([N+](=O)[O-])cc1NC(=O)C[C@H]([NH2+]CC[NH+](C)C)C(=O)[O-]. The number of nitro groups is 1. The summed E-state index contributed by atoms with van der Waals surface area (Å²) in [5.41, 5.74) is -0.107. The van der Waals surface area contributed by atoms with Crippen LogP contribution >= 0.6 is 0 Å². The number of quaternary nitrogens is 2. The number of hydrogen-bond acceptors (Lipinski definition) is 6. The number of amides is 1. The summed E-state index contributed by atoms with van der Waals surface area (Å²) in [4.78, 5) is 34.7. The molecule has 1 atom stereocenters. The summed E-state index contributed by atoms with van der Waals surface area (Å²) in [6.45, 7) is 1.25. The van der Waals surface area contributed by atoms with E-state index in [1.807, 2.05) is 14.1 Å². The standard InChI is InChI=1S/C15H22N4O6/c1-18(2)7-6-16-12(15(21)22)9-14(20)17-11-8-10(19(23)24)4-5-13(11)25-3/h4-5,8,12,16H,6-7,9H2,1-3H3,(H,17,20)(H,21,22)/p+1/t12-/m0/s1. The van der Waals surface area contributed by atoms with Gasteiger partial charge in [0.2, 0.25) is 5.91 Å². The molecule has 0 heterocycles. The molecule has 0 aliphatic rings. The molecule has 1 aromatic carbocycles. The number of carbonyl (C=O) groups excluding carboxylic acids is 2. The molecule has 1 aromatic rings. The van der Waals surface area contributed by atoms with Crippen LogP contribution in [0.3, 0.4) is 0 Å². The molecule has 0 fully saturated rings. The normalized spacial score (nSPS) is 11.8. The second kappa shape index (κ2) is 9.55. The third-order valence-electron chi connectivity index (χ3n) is 3.47. The number of anilines is 1. The Bertz CT molecular complexity index is 634. The van der Waals surface area contributed by atoms with E-state index < -0.39 is 22.8 Å². The molecular weight excluding hydrogens is 332 g/mol. The topological polar surface area (TPSA) is 143 Å². The number of nitrogens with zero attached hydrogens (tertiary/aromatic N) is 1. The van der Waals surface area contributed by atoms with Crippen molar-refractivity contribution in [3.8, 4) is 5.75 Å². The number of aliphatic carboxylic acids is 1. The van der Waals surface area contributed by atoms with Crippen molar-refractivity contribution in [3.05, 3.63) is 28.3 Å². The molecule has 0 radical (unpaired) electrons. The Morgan fingerprint density at radius 2 is 2.08 bits per heavy atom. The molecule has 10 nitrogen and oxygen atoms in total. The molecule has 0 saturated carbocycles. The fourth-order valence-electron chi connectivity index (χ4n) is 2.14. The van der Waals surface area contributed by atoms with E-state index in [-0.39, 0.29) is 23.5 Å². The van der Waals surface area contributed by atoms with Gasteiger partial charge in [0.15, 0.2) is 0 Å². The first-order valence-electron chi connectivity index (χ1n) is 7.70. The number of ether oxygens (including phenoxy) is 1. The zero-order valence-corrected chi connectivity index (χ0v) is 14.4. The third-order valence-corrected chi connectivity index (χ3v) is 3.47. The van der Waals surface area contributed by atoms with Crippen molar-refractivity contribution < 1.29 is 34.6 Å². The fourth-order valence-corrected chi connectivity index (χ4v) is 2.14.